The molecular formula is C13H27N3. The van der Waals surface area contributed by atoms with E-state index < -0.39 is 0 Å². The summed E-state index contributed by atoms with van der Waals surface area (Å²) in [6.07, 6.45) is 4.09. The lowest BCUT2D eigenvalue weighted by molar-refractivity contribution is 0.0548. The Kier molecular flexibility index (Phi) is 4.62. The summed E-state index contributed by atoms with van der Waals surface area (Å²) in [6, 6.07) is 1.59. The predicted octanol–water partition coefficient (Wildman–Crippen LogP) is 1.15. The number of likely N-dealkylation sites (N-methyl/N-ethyl adjacent to an activating group) is 1. The van der Waals surface area contributed by atoms with Gasteiger partial charge in [-0.2, -0.15) is 0 Å². The van der Waals surface area contributed by atoms with Gasteiger partial charge < -0.3 is 5.32 Å². The number of nitrogens with one attached hydrogen (secondary N) is 1. The van der Waals surface area contributed by atoms with Crippen LogP contribution in [0.4, 0.5) is 0 Å². The molecule has 16 heavy (non-hydrogen) atoms. The molecule has 3 heteroatoms. The van der Waals surface area contributed by atoms with Crippen LogP contribution in [0, 0.1) is 0 Å². The molecule has 0 radical (unpaired) electrons. The molecule has 1 N–H and O–H groups in total. The molecule has 0 spiro atoms. The largest absolute Gasteiger partial charge is 0.317 e. The van der Waals surface area contributed by atoms with E-state index >= 15 is 0 Å². The van der Waals surface area contributed by atoms with Crippen molar-refractivity contribution >= 4 is 0 Å². The van der Waals surface area contributed by atoms with Crippen molar-refractivity contribution in [1.82, 2.24) is 15.1 Å². The zero-order valence-corrected chi connectivity index (χ0v) is 10.9. The molecule has 0 aromatic heterocycles. The van der Waals surface area contributed by atoms with Gasteiger partial charge >= 0.3 is 0 Å². The number of nitrogens with zero attached hydrogens (tertiary/aromatic N) is 2. The van der Waals surface area contributed by atoms with Crippen molar-refractivity contribution in [3.63, 3.8) is 0 Å². The molecule has 0 aromatic rings. The molecule has 2 saturated heterocycles. The van der Waals surface area contributed by atoms with Crippen LogP contribution in [0.25, 0.3) is 0 Å². The molecule has 2 unspecified atom stereocenters. The van der Waals surface area contributed by atoms with Crippen molar-refractivity contribution < 1.29 is 0 Å². The van der Waals surface area contributed by atoms with Crippen LogP contribution >= 0.6 is 0 Å². The maximum Gasteiger partial charge on any atom is 0.0195 e. The summed E-state index contributed by atoms with van der Waals surface area (Å²) in [5.41, 5.74) is 0. The van der Waals surface area contributed by atoms with Crippen molar-refractivity contribution in [2.45, 2.75) is 45.2 Å². The summed E-state index contributed by atoms with van der Waals surface area (Å²) in [5.74, 6) is 0. The minimum Gasteiger partial charge on any atom is -0.317 e. The van der Waals surface area contributed by atoms with Crippen molar-refractivity contribution in [3.8, 4) is 0 Å². The summed E-state index contributed by atoms with van der Waals surface area (Å²) < 4.78 is 0. The van der Waals surface area contributed by atoms with E-state index in [-0.39, 0.29) is 0 Å². The second-order valence-electron chi connectivity index (χ2n) is 5.31. The third kappa shape index (κ3) is 2.96. The average molecular weight is 225 g/mol. The highest BCUT2D eigenvalue weighted by Gasteiger charge is 2.27. The molecule has 3 nitrogen and oxygen atoms in total. The van der Waals surface area contributed by atoms with E-state index in [9.17, 15) is 0 Å². The Morgan fingerprint density at radius 3 is 2.81 bits per heavy atom. The minimum absolute atomic E-state index is 0.745. The van der Waals surface area contributed by atoms with Gasteiger partial charge in [0.25, 0.3) is 0 Å². The Morgan fingerprint density at radius 1 is 1.19 bits per heavy atom. The number of rotatable bonds is 2. The van der Waals surface area contributed by atoms with E-state index in [4.69, 9.17) is 0 Å². The van der Waals surface area contributed by atoms with Gasteiger partial charge in [-0.1, -0.05) is 6.92 Å². The van der Waals surface area contributed by atoms with Gasteiger partial charge in [0, 0.05) is 31.7 Å². The highest BCUT2D eigenvalue weighted by atomic mass is 15.3. The molecule has 0 bridgehead atoms. The predicted molar refractivity (Wildman–Crippen MR) is 68.8 cm³/mol. The Hall–Kier alpha value is -0.120. The third-order valence-electron chi connectivity index (χ3n) is 4.26. The SMILES string of the molecule is CCN1CCN(C2CCCNCC2)CC1C. The molecule has 0 amide bonds. The molecule has 2 rings (SSSR count). The molecule has 0 saturated carbocycles. The van der Waals surface area contributed by atoms with Gasteiger partial charge in [0.2, 0.25) is 0 Å². The lowest BCUT2D eigenvalue weighted by Gasteiger charge is -2.42. The second kappa shape index (κ2) is 5.99. The molecular weight excluding hydrogens is 198 g/mol. The van der Waals surface area contributed by atoms with E-state index in [2.05, 4.69) is 29.0 Å². The zero-order valence-electron chi connectivity index (χ0n) is 10.9. The highest BCUT2D eigenvalue weighted by molar-refractivity contribution is 4.84. The first-order chi connectivity index (χ1) is 7.81. The third-order valence-corrected chi connectivity index (χ3v) is 4.26. The Balaban J connectivity index is 1.85. The second-order valence-corrected chi connectivity index (χ2v) is 5.31. The fourth-order valence-electron chi connectivity index (χ4n) is 3.19. The van der Waals surface area contributed by atoms with Crippen LogP contribution in [-0.4, -0.2) is 61.2 Å². The maximum atomic E-state index is 3.51. The van der Waals surface area contributed by atoms with Crippen LogP contribution in [0.5, 0.6) is 0 Å². The Morgan fingerprint density at radius 2 is 2.06 bits per heavy atom. The first-order valence-corrected chi connectivity index (χ1v) is 7.00. The maximum absolute atomic E-state index is 3.51. The van der Waals surface area contributed by atoms with Crippen molar-refractivity contribution in [2.75, 3.05) is 39.3 Å². The summed E-state index contributed by atoms with van der Waals surface area (Å²) in [5, 5.41) is 3.51. The summed E-state index contributed by atoms with van der Waals surface area (Å²) in [6.45, 7) is 12.1. The first-order valence-electron chi connectivity index (χ1n) is 7.00. The van der Waals surface area contributed by atoms with Crippen LogP contribution in [0.1, 0.15) is 33.1 Å². The Bertz CT molecular complexity index is 199. The molecule has 2 atom stereocenters. The molecule has 94 valence electrons. The minimum atomic E-state index is 0.745. The van der Waals surface area contributed by atoms with Crippen LogP contribution in [-0.2, 0) is 0 Å². The standard InChI is InChI=1S/C13H27N3/c1-3-15-9-10-16(11-12(15)2)13-5-4-7-14-8-6-13/h12-14H,3-11H2,1-2H3. The molecule has 2 aliphatic heterocycles. The summed E-state index contributed by atoms with van der Waals surface area (Å²) >= 11 is 0. The van der Waals surface area contributed by atoms with E-state index in [1.807, 2.05) is 0 Å². The fourth-order valence-corrected chi connectivity index (χ4v) is 3.19. The smallest absolute Gasteiger partial charge is 0.0195 e. The average Bonchev–Trinajstić information content (AvgIpc) is 2.57. The van der Waals surface area contributed by atoms with Crippen molar-refractivity contribution in [1.29, 1.82) is 0 Å². The van der Waals surface area contributed by atoms with E-state index in [0.29, 0.717) is 0 Å². The normalized spacial score (nSPS) is 34.9. The number of piperazine rings is 1. The number of hydrogen-bond acceptors (Lipinski definition) is 3. The molecule has 2 heterocycles. The van der Waals surface area contributed by atoms with Gasteiger partial charge in [0.05, 0.1) is 0 Å². The molecule has 0 aliphatic carbocycles. The van der Waals surface area contributed by atoms with Gasteiger partial charge in [-0.15, -0.1) is 0 Å². The Labute approximate surface area is 100 Å². The zero-order chi connectivity index (χ0) is 11.4. The monoisotopic (exact) mass is 225 g/mol. The van der Waals surface area contributed by atoms with E-state index in [1.54, 1.807) is 0 Å². The van der Waals surface area contributed by atoms with Gasteiger partial charge in [-0.3, -0.25) is 9.80 Å². The molecule has 2 fully saturated rings. The van der Waals surface area contributed by atoms with Gasteiger partial charge in [0.1, 0.15) is 0 Å². The van der Waals surface area contributed by atoms with Gasteiger partial charge in [-0.05, 0) is 45.8 Å². The highest BCUT2D eigenvalue weighted by Crippen LogP contribution is 2.18. The summed E-state index contributed by atoms with van der Waals surface area (Å²) in [7, 11) is 0. The lowest BCUT2D eigenvalue weighted by atomic mass is 10.0. The van der Waals surface area contributed by atoms with E-state index in [1.165, 1.54) is 58.5 Å². The van der Waals surface area contributed by atoms with Gasteiger partial charge in [-0.25, -0.2) is 0 Å². The van der Waals surface area contributed by atoms with Gasteiger partial charge in [0.15, 0.2) is 0 Å². The number of hydrogen-bond donors (Lipinski definition) is 1. The quantitative estimate of drug-likeness (QED) is 0.761. The van der Waals surface area contributed by atoms with E-state index in [0.717, 1.165) is 12.1 Å². The van der Waals surface area contributed by atoms with Crippen LogP contribution in [0.2, 0.25) is 0 Å². The first kappa shape index (κ1) is 12.3. The van der Waals surface area contributed by atoms with Crippen molar-refractivity contribution in [2.24, 2.45) is 0 Å². The van der Waals surface area contributed by atoms with Crippen LogP contribution in [0.3, 0.4) is 0 Å². The van der Waals surface area contributed by atoms with Crippen LogP contribution < -0.4 is 5.32 Å². The lowest BCUT2D eigenvalue weighted by Crippen LogP contribution is -2.54. The topological polar surface area (TPSA) is 18.5 Å². The molecule has 0 aromatic carbocycles. The summed E-state index contributed by atoms with van der Waals surface area (Å²) in [4.78, 5) is 5.34. The van der Waals surface area contributed by atoms with Crippen molar-refractivity contribution in [3.05, 3.63) is 0 Å². The fraction of sp³-hybridized carbons (Fsp3) is 1.00. The molecule has 2 aliphatic rings. The van der Waals surface area contributed by atoms with Crippen LogP contribution in [0.15, 0.2) is 0 Å².